The van der Waals surface area contributed by atoms with E-state index >= 15 is 0 Å². The zero-order chi connectivity index (χ0) is 52.4. The number of rotatable bonds is 41. The summed E-state index contributed by atoms with van der Waals surface area (Å²) < 4.78 is 22.7. The van der Waals surface area contributed by atoms with Crippen molar-refractivity contribution in [1.29, 1.82) is 0 Å². The number of carbonyl (C=O) groups excluding carboxylic acids is 1. The second kappa shape index (κ2) is 43.2. The predicted molar refractivity (Wildman–Crippen MR) is 286 cm³/mol. The first kappa shape index (κ1) is 65.0. The molecule has 412 valence electrons. The van der Waals surface area contributed by atoms with Crippen LogP contribution in [0.4, 0.5) is 0 Å². The van der Waals surface area contributed by atoms with Gasteiger partial charge in [-0.3, -0.25) is 4.79 Å². The van der Waals surface area contributed by atoms with Crippen LogP contribution in [0.15, 0.2) is 97.2 Å². The third kappa shape index (κ3) is 29.1. The van der Waals surface area contributed by atoms with Crippen molar-refractivity contribution in [1.82, 2.24) is 5.32 Å². The van der Waals surface area contributed by atoms with Gasteiger partial charge in [0.2, 0.25) is 5.91 Å². The normalized spacial score (nSPS) is 26.4. The van der Waals surface area contributed by atoms with Gasteiger partial charge in [-0.15, -0.1) is 0 Å². The van der Waals surface area contributed by atoms with Crippen LogP contribution in [-0.2, 0) is 23.7 Å². The van der Waals surface area contributed by atoms with Gasteiger partial charge in [0.15, 0.2) is 12.6 Å². The Labute approximate surface area is 433 Å². The summed E-state index contributed by atoms with van der Waals surface area (Å²) in [6, 6.07) is -0.946. The molecule has 1 amide bonds. The fourth-order valence-corrected chi connectivity index (χ4v) is 8.29. The topological polar surface area (TPSA) is 228 Å². The molecule has 0 bridgehead atoms. The van der Waals surface area contributed by atoms with Crippen molar-refractivity contribution in [3.8, 4) is 0 Å². The molecule has 2 heterocycles. The summed E-state index contributed by atoms with van der Waals surface area (Å²) in [5.74, 6) is -0.266. The minimum Gasteiger partial charge on any atom is -0.394 e. The van der Waals surface area contributed by atoms with Crippen LogP contribution in [0.5, 0.6) is 0 Å². The highest BCUT2D eigenvalue weighted by molar-refractivity contribution is 5.76. The zero-order valence-electron chi connectivity index (χ0n) is 43.9. The highest BCUT2D eigenvalue weighted by Crippen LogP contribution is 2.30. The lowest BCUT2D eigenvalue weighted by atomic mass is 9.97. The van der Waals surface area contributed by atoms with E-state index in [1.807, 2.05) is 6.08 Å². The van der Waals surface area contributed by atoms with Gasteiger partial charge in [0.25, 0.3) is 0 Å². The fraction of sp³-hybridized carbons (Fsp3) is 0.707. The average molecular weight is 1020 g/mol. The molecule has 2 aliphatic rings. The molecule has 2 rings (SSSR count). The van der Waals surface area contributed by atoms with Crippen molar-refractivity contribution in [2.45, 2.75) is 242 Å². The molecule has 2 fully saturated rings. The molecule has 0 radical (unpaired) electrons. The number of unbranched alkanes of at least 4 members (excludes halogenated alkanes) is 14. The number of amides is 1. The minimum atomic E-state index is -1.80. The largest absolute Gasteiger partial charge is 0.394 e. The standard InChI is InChI=1S/C58H97NO13/c1-3-5-7-9-11-13-15-17-18-19-20-21-22-23-24-25-26-27-28-30-32-34-36-38-40-42-50(63)59-46(47(62)41-39-37-35-33-31-29-16-14-12-10-8-6-4-2)45-69-57-55(68)53(66)56(49(44-61)71-57)72-58-54(67)52(65)51(64)48(43-60)70-58/h5,7,11-14,17-18,20-21,23-24,31,33,39,41,46-49,51-58,60-62,64-68H,3-4,6,8-10,15-16,19,22,25-30,32,34-38,40,42-45H2,1-2H3,(H,59,63)/b7-5-,13-11-,14-12+,18-17-,21-20-,24-23-,33-31+,41-39+. The van der Waals surface area contributed by atoms with Crippen molar-refractivity contribution in [2.24, 2.45) is 0 Å². The Morgan fingerprint density at radius 3 is 1.53 bits per heavy atom. The maximum Gasteiger partial charge on any atom is 0.220 e. The minimum absolute atomic E-state index is 0.256. The molecule has 2 aliphatic heterocycles. The van der Waals surface area contributed by atoms with Crippen molar-refractivity contribution >= 4 is 5.91 Å². The van der Waals surface area contributed by atoms with Gasteiger partial charge in [-0.25, -0.2) is 0 Å². The first-order valence-corrected chi connectivity index (χ1v) is 27.5. The van der Waals surface area contributed by atoms with E-state index in [0.29, 0.717) is 12.8 Å². The average Bonchev–Trinajstić information content (AvgIpc) is 3.38. The number of nitrogens with one attached hydrogen (secondary N) is 1. The van der Waals surface area contributed by atoms with Gasteiger partial charge in [0.1, 0.15) is 48.8 Å². The summed E-state index contributed by atoms with van der Waals surface area (Å²) in [6.45, 7) is 2.59. The molecule has 2 saturated heterocycles. The van der Waals surface area contributed by atoms with Gasteiger partial charge in [-0.2, -0.15) is 0 Å². The second-order valence-electron chi connectivity index (χ2n) is 19.0. The van der Waals surface area contributed by atoms with E-state index in [2.05, 4.69) is 104 Å². The lowest BCUT2D eigenvalue weighted by Gasteiger charge is -2.46. The van der Waals surface area contributed by atoms with E-state index < -0.39 is 86.8 Å². The Kier molecular flexibility index (Phi) is 39.0. The number of hydrogen-bond acceptors (Lipinski definition) is 13. The van der Waals surface area contributed by atoms with Crippen molar-refractivity contribution in [2.75, 3.05) is 19.8 Å². The van der Waals surface area contributed by atoms with Crippen LogP contribution in [0.25, 0.3) is 0 Å². The molecule has 14 heteroatoms. The SMILES string of the molecule is CC/C=C\C/C=C\C/C=C\C/C=C\C/C=C\CCCCCCCCCCCC(=O)NC(COC1OC(CO)C(OC2OC(CO)C(O)C(O)C2O)C(O)C1O)C(O)/C=C/CC/C=C/CC/C=C/CCCCC. The van der Waals surface area contributed by atoms with E-state index in [1.54, 1.807) is 6.08 Å². The summed E-state index contributed by atoms with van der Waals surface area (Å²) in [5.41, 5.74) is 0. The van der Waals surface area contributed by atoms with E-state index in [0.717, 1.165) is 83.5 Å². The molecule has 0 saturated carbocycles. The quantitative estimate of drug-likeness (QED) is 0.0208. The first-order valence-electron chi connectivity index (χ1n) is 27.5. The summed E-state index contributed by atoms with van der Waals surface area (Å²) in [5, 5.41) is 86.8. The molecule has 12 unspecified atom stereocenters. The molecule has 0 aromatic carbocycles. The number of allylic oxidation sites excluding steroid dienone is 15. The van der Waals surface area contributed by atoms with E-state index in [4.69, 9.17) is 18.9 Å². The van der Waals surface area contributed by atoms with Crippen LogP contribution in [0.3, 0.4) is 0 Å². The number of hydrogen-bond donors (Lipinski definition) is 9. The molecular formula is C58H97NO13. The number of aliphatic hydroxyl groups excluding tert-OH is 8. The van der Waals surface area contributed by atoms with Gasteiger partial charge < -0.3 is 65.1 Å². The van der Waals surface area contributed by atoms with Gasteiger partial charge in [-0.05, 0) is 89.9 Å². The smallest absolute Gasteiger partial charge is 0.220 e. The first-order chi connectivity index (χ1) is 35.1. The van der Waals surface area contributed by atoms with Gasteiger partial charge in [0.05, 0.1) is 32.0 Å². The molecule has 14 nitrogen and oxygen atoms in total. The highest BCUT2D eigenvalue weighted by atomic mass is 16.7. The summed E-state index contributed by atoms with van der Waals surface area (Å²) in [4.78, 5) is 13.2. The molecule has 0 aromatic rings. The van der Waals surface area contributed by atoms with Crippen LogP contribution in [-0.4, -0.2) is 140 Å². The molecule has 0 aliphatic carbocycles. The molecule has 12 atom stereocenters. The maximum absolute atomic E-state index is 13.2. The van der Waals surface area contributed by atoms with Gasteiger partial charge >= 0.3 is 0 Å². The molecule has 9 N–H and O–H groups in total. The lowest BCUT2D eigenvalue weighted by Crippen LogP contribution is -2.65. The highest BCUT2D eigenvalue weighted by Gasteiger charge is 2.51. The summed E-state index contributed by atoms with van der Waals surface area (Å²) in [7, 11) is 0. The van der Waals surface area contributed by atoms with Crippen molar-refractivity contribution in [3.63, 3.8) is 0 Å². The van der Waals surface area contributed by atoms with E-state index in [-0.39, 0.29) is 18.9 Å². The van der Waals surface area contributed by atoms with Gasteiger partial charge in [-0.1, -0.05) is 169 Å². The second-order valence-corrected chi connectivity index (χ2v) is 19.0. The fourth-order valence-electron chi connectivity index (χ4n) is 8.29. The Morgan fingerprint density at radius 1 is 0.514 bits per heavy atom. The van der Waals surface area contributed by atoms with Gasteiger partial charge in [0, 0.05) is 6.42 Å². The summed E-state index contributed by atoms with van der Waals surface area (Å²) >= 11 is 0. The predicted octanol–water partition coefficient (Wildman–Crippen LogP) is 8.32. The molecular weight excluding hydrogens is 919 g/mol. The van der Waals surface area contributed by atoms with Crippen LogP contribution in [0.2, 0.25) is 0 Å². The van der Waals surface area contributed by atoms with Crippen molar-refractivity contribution in [3.05, 3.63) is 97.2 Å². The van der Waals surface area contributed by atoms with Crippen LogP contribution in [0, 0.1) is 0 Å². The molecule has 72 heavy (non-hydrogen) atoms. The number of ether oxygens (including phenoxy) is 4. The maximum atomic E-state index is 13.2. The third-order valence-corrected chi connectivity index (χ3v) is 12.7. The molecule has 0 aromatic heterocycles. The van der Waals surface area contributed by atoms with Crippen LogP contribution in [0.1, 0.15) is 168 Å². The number of carbonyl (C=O) groups is 1. The third-order valence-electron chi connectivity index (χ3n) is 12.7. The van der Waals surface area contributed by atoms with E-state index in [1.165, 1.54) is 51.4 Å². The van der Waals surface area contributed by atoms with Crippen molar-refractivity contribution < 1.29 is 64.6 Å². The van der Waals surface area contributed by atoms with E-state index in [9.17, 15) is 45.6 Å². The Balaban J connectivity index is 1.78. The van der Waals surface area contributed by atoms with Crippen LogP contribution < -0.4 is 5.32 Å². The monoisotopic (exact) mass is 1020 g/mol. The molecule has 0 spiro atoms. The number of aliphatic hydroxyl groups is 8. The Hall–Kier alpha value is -3.09. The zero-order valence-corrected chi connectivity index (χ0v) is 43.9. The Bertz CT molecular complexity index is 1570. The van der Waals surface area contributed by atoms with Crippen LogP contribution >= 0.6 is 0 Å². The summed E-state index contributed by atoms with van der Waals surface area (Å²) in [6.07, 6.45) is 41.6. The lowest BCUT2D eigenvalue weighted by molar-refractivity contribution is -0.359. The Morgan fingerprint density at radius 2 is 0.972 bits per heavy atom.